The third-order valence-electron chi connectivity index (χ3n) is 7.71. The maximum atomic E-state index is 12.9. The van der Waals surface area contributed by atoms with Crippen molar-refractivity contribution in [3.63, 3.8) is 0 Å². The molecule has 0 unspecified atom stereocenters. The maximum absolute atomic E-state index is 12.9. The Morgan fingerprint density at radius 2 is 1.91 bits per heavy atom. The van der Waals surface area contributed by atoms with Gasteiger partial charge < -0.3 is 35.0 Å². The van der Waals surface area contributed by atoms with Crippen molar-refractivity contribution in [2.45, 2.75) is 68.8 Å². The van der Waals surface area contributed by atoms with E-state index < -0.39 is 6.10 Å². The minimum atomic E-state index is -0.487. The fourth-order valence-electron chi connectivity index (χ4n) is 5.77. The van der Waals surface area contributed by atoms with Gasteiger partial charge in [0.05, 0.1) is 19.1 Å². The number of rotatable bonds is 5. The van der Waals surface area contributed by atoms with Crippen LogP contribution in [-0.4, -0.2) is 91.0 Å². The number of fused-ring (bicyclic) bond motifs is 3. The van der Waals surface area contributed by atoms with Gasteiger partial charge in [-0.3, -0.25) is 4.79 Å². The SMILES string of the molecule is CN1CCN(C(=O)C[C@@H]2C[C@H]3c4cc(NC(=O)NC5CCCC5)ccc4O[C@H]3[C@@H](CO)O2)CC1. The third kappa shape index (κ3) is 5.01. The number of carbonyl (C=O) groups excluding carboxylic acids is 2. The number of hydrogen-bond acceptors (Lipinski definition) is 6. The Morgan fingerprint density at radius 1 is 1.15 bits per heavy atom. The molecule has 9 heteroatoms. The van der Waals surface area contributed by atoms with Gasteiger partial charge in [-0.1, -0.05) is 12.8 Å². The van der Waals surface area contributed by atoms with Gasteiger partial charge in [0.15, 0.2) is 0 Å². The molecule has 5 rings (SSSR count). The average Bonchev–Trinajstić information content (AvgIpc) is 3.46. The van der Waals surface area contributed by atoms with Crippen LogP contribution in [0.1, 0.15) is 50.0 Å². The number of likely N-dealkylation sites (N-methyl/N-ethyl adjacent to an activating group) is 1. The number of ether oxygens (including phenoxy) is 2. The second-order valence-corrected chi connectivity index (χ2v) is 10.1. The molecular formula is C25H36N4O5. The molecule has 1 aromatic rings. The van der Waals surface area contributed by atoms with Gasteiger partial charge in [0.1, 0.15) is 18.0 Å². The first-order chi connectivity index (χ1) is 16.5. The molecule has 0 bridgehead atoms. The summed E-state index contributed by atoms with van der Waals surface area (Å²) in [4.78, 5) is 29.5. The van der Waals surface area contributed by atoms with Gasteiger partial charge >= 0.3 is 6.03 Å². The number of carbonyl (C=O) groups is 2. The lowest BCUT2D eigenvalue weighted by Gasteiger charge is -2.38. The lowest BCUT2D eigenvalue weighted by atomic mass is 9.84. The molecule has 3 N–H and O–H groups in total. The highest BCUT2D eigenvalue weighted by Crippen LogP contribution is 2.47. The number of urea groups is 1. The van der Waals surface area contributed by atoms with Crippen LogP contribution < -0.4 is 15.4 Å². The Balaban J connectivity index is 1.25. The molecule has 3 fully saturated rings. The van der Waals surface area contributed by atoms with E-state index >= 15 is 0 Å². The number of aliphatic hydroxyl groups excluding tert-OH is 1. The van der Waals surface area contributed by atoms with Crippen molar-refractivity contribution in [2.24, 2.45) is 0 Å². The molecule has 3 aliphatic heterocycles. The van der Waals surface area contributed by atoms with E-state index in [2.05, 4.69) is 22.6 Å². The van der Waals surface area contributed by atoms with E-state index in [9.17, 15) is 14.7 Å². The number of hydrogen-bond donors (Lipinski definition) is 3. The fourth-order valence-corrected chi connectivity index (χ4v) is 5.77. The Hall–Kier alpha value is -2.36. The highest BCUT2D eigenvalue weighted by molar-refractivity contribution is 5.89. The van der Waals surface area contributed by atoms with E-state index in [-0.39, 0.29) is 42.7 Å². The van der Waals surface area contributed by atoms with Crippen LogP contribution in [0.25, 0.3) is 0 Å². The Kier molecular flexibility index (Phi) is 6.94. The summed E-state index contributed by atoms with van der Waals surface area (Å²) in [6, 6.07) is 5.75. The van der Waals surface area contributed by atoms with Crippen LogP contribution in [-0.2, 0) is 9.53 Å². The van der Waals surface area contributed by atoms with Crippen LogP contribution in [0.3, 0.4) is 0 Å². The summed E-state index contributed by atoms with van der Waals surface area (Å²) in [5.74, 6) is 0.863. The first-order valence-electron chi connectivity index (χ1n) is 12.6. The van der Waals surface area contributed by atoms with E-state index in [1.165, 1.54) is 0 Å². The van der Waals surface area contributed by atoms with Gasteiger partial charge in [-0.2, -0.15) is 0 Å². The molecule has 3 amide bonds. The number of nitrogens with one attached hydrogen (secondary N) is 2. The van der Waals surface area contributed by atoms with Gasteiger partial charge in [0.2, 0.25) is 5.91 Å². The zero-order valence-electron chi connectivity index (χ0n) is 19.9. The maximum Gasteiger partial charge on any atom is 0.319 e. The molecule has 4 atom stereocenters. The lowest BCUT2D eigenvalue weighted by Crippen LogP contribution is -2.50. The smallest absolute Gasteiger partial charge is 0.319 e. The van der Waals surface area contributed by atoms with Crippen molar-refractivity contribution in [2.75, 3.05) is 45.2 Å². The summed E-state index contributed by atoms with van der Waals surface area (Å²) >= 11 is 0. The molecule has 186 valence electrons. The van der Waals surface area contributed by atoms with Gasteiger partial charge in [0, 0.05) is 49.4 Å². The number of nitrogens with zero attached hydrogens (tertiary/aromatic N) is 2. The highest BCUT2D eigenvalue weighted by atomic mass is 16.6. The molecule has 0 spiro atoms. The molecule has 4 aliphatic rings. The largest absolute Gasteiger partial charge is 0.487 e. The topological polar surface area (TPSA) is 103 Å². The quantitative estimate of drug-likeness (QED) is 0.605. The number of piperazine rings is 1. The zero-order valence-corrected chi connectivity index (χ0v) is 19.9. The molecule has 2 saturated heterocycles. The van der Waals surface area contributed by atoms with Crippen LogP contribution in [0.2, 0.25) is 0 Å². The standard InChI is InChI=1S/C25H36N4O5/c1-28-8-10-29(11-9-28)23(31)14-18-13-20-19-12-17(27-25(32)26-16-4-2-3-5-16)6-7-21(19)34-24(20)22(15-30)33-18/h6-7,12,16,18,20,22,24,30H,2-5,8-11,13-15H2,1H3,(H2,26,27,32)/t18-,20-,22+,24+/m0/s1. The van der Waals surface area contributed by atoms with Crippen molar-refractivity contribution < 1.29 is 24.2 Å². The Morgan fingerprint density at radius 3 is 2.65 bits per heavy atom. The number of amides is 3. The summed E-state index contributed by atoms with van der Waals surface area (Å²) in [7, 11) is 2.07. The van der Waals surface area contributed by atoms with Crippen molar-refractivity contribution in [1.82, 2.24) is 15.1 Å². The second kappa shape index (κ2) is 10.1. The van der Waals surface area contributed by atoms with E-state index in [4.69, 9.17) is 9.47 Å². The molecule has 0 radical (unpaired) electrons. The molecule has 1 saturated carbocycles. The van der Waals surface area contributed by atoms with E-state index in [1.807, 2.05) is 23.1 Å². The molecule has 0 aromatic heterocycles. The predicted octanol–water partition coefficient (Wildman–Crippen LogP) is 1.91. The minimum absolute atomic E-state index is 0.00540. The number of benzene rings is 1. The van der Waals surface area contributed by atoms with Crippen LogP contribution in [0.15, 0.2) is 18.2 Å². The monoisotopic (exact) mass is 472 g/mol. The summed E-state index contributed by atoms with van der Waals surface area (Å²) in [6.07, 6.45) is 4.29. The molecular weight excluding hydrogens is 436 g/mol. The lowest BCUT2D eigenvalue weighted by molar-refractivity contribution is -0.150. The molecule has 9 nitrogen and oxygen atoms in total. The zero-order chi connectivity index (χ0) is 23.7. The second-order valence-electron chi connectivity index (χ2n) is 10.1. The van der Waals surface area contributed by atoms with Crippen LogP contribution >= 0.6 is 0 Å². The normalized spacial score (nSPS) is 29.3. The van der Waals surface area contributed by atoms with Crippen molar-refractivity contribution in [3.05, 3.63) is 23.8 Å². The molecule has 1 aliphatic carbocycles. The van der Waals surface area contributed by atoms with Crippen molar-refractivity contribution in [3.8, 4) is 5.75 Å². The van der Waals surface area contributed by atoms with Gasteiger partial charge in [0.25, 0.3) is 0 Å². The number of anilines is 1. The number of aliphatic hydroxyl groups is 1. The summed E-state index contributed by atoms with van der Waals surface area (Å²) < 4.78 is 12.3. The van der Waals surface area contributed by atoms with E-state index in [0.717, 1.165) is 68.9 Å². The predicted molar refractivity (Wildman–Crippen MR) is 127 cm³/mol. The Bertz CT molecular complexity index is 897. The van der Waals surface area contributed by atoms with E-state index in [1.54, 1.807) is 0 Å². The van der Waals surface area contributed by atoms with Crippen molar-refractivity contribution in [1.29, 1.82) is 0 Å². The fraction of sp³-hybridized carbons (Fsp3) is 0.680. The summed E-state index contributed by atoms with van der Waals surface area (Å²) in [5, 5.41) is 16.0. The highest BCUT2D eigenvalue weighted by Gasteiger charge is 2.46. The van der Waals surface area contributed by atoms with Crippen LogP contribution in [0, 0.1) is 0 Å². The average molecular weight is 473 g/mol. The minimum Gasteiger partial charge on any atom is -0.487 e. The molecule has 1 aromatic carbocycles. The Labute approximate surface area is 200 Å². The van der Waals surface area contributed by atoms with Crippen LogP contribution in [0.5, 0.6) is 5.75 Å². The van der Waals surface area contributed by atoms with Gasteiger partial charge in [-0.05, 0) is 44.5 Å². The first kappa shape index (κ1) is 23.4. The summed E-state index contributed by atoms with van der Waals surface area (Å²) in [5.41, 5.74) is 1.72. The van der Waals surface area contributed by atoms with E-state index in [0.29, 0.717) is 12.8 Å². The summed E-state index contributed by atoms with van der Waals surface area (Å²) in [6.45, 7) is 3.07. The third-order valence-corrected chi connectivity index (χ3v) is 7.71. The molecule has 34 heavy (non-hydrogen) atoms. The van der Waals surface area contributed by atoms with Crippen molar-refractivity contribution >= 4 is 17.6 Å². The molecule has 3 heterocycles. The van der Waals surface area contributed by atoms with Gasteiger partial charge in [-0.25, -0.2) is 4.79 Å². The van der Waals surface area contributed by atoms with Crippen LogP contribution in [0.4, 0.5) is 10.5 Å². The first-order valence-corrected chi connectivity index (χ1v) is 12.6. The van der Waals surface area contributed by atoms with Gasteiger partial charge in [-0.15, -0.1) is 0 Å².